The Morgan fingerprint density at radius 2 is 1.78 bits per heavy atom. The van der Waals surface area contributed by atoms with Crippen molar-refractivity contribution < 1.29 is 9.53 Å². The van der Waals surface area contributed by atoms with Gasteiger partial charge >= 0.3 is 0 Å². The standard InChI is InChI=1S/C21H22ClN3O2/c1-16-19(20(22)25(24-16)15-17-9-4-2-5-10-17)21(26)23-13-8-14-27-18-11-6-3-7-12-18/h2-7,9-12H,8,13-15H2,1H3,(H,23,26). The van der Waals surface area contributed by atoms with Crippen molar-refractivity contribution in [1.29, 1.82) is 0 Å². The summed E-state index contributed by atoms with van der Waals surface area (Å²) in [4.78, 5) is 12.5. The topological polar surface area (TPSA) is 56.2 Å². The maximum Gasteiger partial charge on any atom is 0.256 e. The van der Waals surface area contributed by atoms with Crippen LogP contribution in [0.2, 0.25) is 5.15 Å². The number of aromatic nitrogens is 2. The van der Waals surface area contributed by atoms with Gasteiger partial charge in [0.05, 0.1) is 24.4 Å². The van der Waals surface area contributed by atoms with Crippen molar-refractivity contribution in [2.75, 3.05) is 13.2 Å². The van der Waals surface area contributed by atoms with E-state index in [2.05, 4.69) is 10.4 Å². The molecule has 1 heterocycles. The Morgan fingerprint density at radius 3 is 2.48 bits per heavy atom. The highest BCUT2D eigenvalue weighted by Crippen LogP contribution is 2.21. The third-order valence-corrected chi connectivity index (χ3v) is 4.47. The molecule has 0 fully saturated rings. The number of nitrogens with zero attached hydrogens (tertiary/aromatic N) is 2. The van der Waals surface area contributed by atoms with Gasteiger partial charge in [0.2, 0.25) is 0 Å². The smallest absolute Gasteiger partial charge is 0.256 e. The number of benzene rings is 2. The van der Waals surface area contributed by atoms with Gasteiger partial charge < -0.3 is 10.1 Å². The van der Waals surface area contributed by atoms with Gasteiger partial charge in [0.25, 0.3) is 5.91 Å². The fraction of sp³-hybridized carbons (Fsp3) is 0.238. The monoisotopic (exact) mass is 383 g/mol. The molecule has 0 aliphatic rings. The maximum absolute atomic E-state index is 12.5. The van der Waals surface area contributed by atoms with E-state index in [1.54, 1.807) is 11.6 Å². The summed E-state index contributed by atoms with van der Waals surface area (Å²) in [5.74, 6) is 0.612. The number of carbonyl (C=O) groups is 1. The number of hydrogen-bond donors (Lipinski definition) is 1. The van der Waals surface area contributed by atoms with Crippen LogP contribution in [0, 0.1) is 6.92 Å². The minimum absolute atomic E-state index is 0.212. The average molecular weight is 384 g/mol. The number of carbonyl (C=O) groups excluding carboxylic acids is 1. The molecule has 0 aliphatic carbocycles. The lowest BCUT2D eigenvalue weighted by atomic mass is 10.2. The fourth-order valence-electron chi connectivity index (χ4n) is 2.74. The summed E-state index contributed by atoms with van der Waals surface area (Å²) in [6, 6.07) is 19.5. The molecule has 1 aromatic heterocycles. The first-order chi connectivity index (χ1) is 13.1. The molecule has 0 bridgehead atoms. The molecule has 2 aromatic carbocycles. The molecular formula is C21H22ClN3O2. The van der Waals surface area contributed by atoms with Crippen LogP contribution >= 0.6 is 11.6 Å². The van der Waals surface area contributed by atoms with Crippen LogP contribution in [0.4, 0.5) is 0 Å². The Kier molecular flexibility index (Phi) is 6.49. The van der Waals surface area contributed by atoms with E-state index in [9.17, 15) is 4.79 Å². The summed E-state index contributed by atoms with van der Waals surface area (Å²) in [7, 11) is 0. The van der Waals surface area contributed by atoms with Crippen LogP contribution in [0.25, 0.3) is 0 Å². The summed E-state index contributed by atoms with van der Waals surface area (Å²) < 4.78 is 7.27. The highest BCUT2D eigenvalue weighted by atomic mass is 35.5. The van der Waals surface area contributed by atoms with Crippen LogP contribution in [0.3, 0.4) is 0 Å². The highest BCUT2D eigenvalue weighted by molar-refractivity contribution is 6.33. The van der Waals surface area contributed by atoms with Gasteiger partial charge in [-0.25, -0.2) is 4.68 Å². The van der Waals surface area contributed by atoms with Crippen molar-refractivity contribution in [3.8, 4) is 5.75 Å². The zero-order chi connectivity index (χ0) is 19.1. The van der Waals surface area contributed by atoms with Gasteiger partial charge in [-0.1, -0.05) is 60.1 Å². The molecule has 0 saturated carbocycles. The molecule has 5 nitrogen and oxygen atoms in total. The Morgan fingerprint density at radius 1 is 1.11 bits per heavy atom. The van der Waals surface area contributed by atoms with E-state index in [4.69, 9.17) is 16.3 Å². The van der Waals surface area contributed by atoms with Crippen molar-refractivity contribution in [3.05, 3.63) is 82.6 Å². The van der Waals surface area contributed by atoms with Gasteiger partial charge in [-0.2, -0.15) is 5.10 Å². The lowest BCUT2D eigenvalue weighted by molar-refractivity contribution is 0.0951. The molecule has 140 valence electrons. The summed E-state index contributed by atoms with van der Waals surface area (Å²) in [6.07, 6.45) is 0.704. The summed E-state index contributed by atoms with van der Waals surface area (Å²) >= 11 is 6.41. The molecule has 1 N–H and O–H groups in total. The van der Waals surface area contributed by atoms with Gasteiger partial charge in [0.15, 0.2) is 0 Å². The number of nitrogens with one attached hydrogen (secondary N) is 1. The van der Waals surface area contributed by atoms with Crippen LogP contribution in [0.5, 0.6) is 5.75 Å². The number of aryl methyl sites for hydroxylation is 1. The minimum Gasteiger partial charge on any atom is -0.494 e. The lowest BCUT2D eigenvalue weighted by Crippen LogP contribution is -2.26. The van der Waals surface area contributed by atoms with E-state index in [0.717, 1.165) is 11.3 Å². The Balaban J connectivity index is 1.52. The highest BCUT2D eigenvalue weighted by Gasteiger charge is 2.20. The van der Waals surface area contributed by atoms with E-state index >= 15 is 0 Å². The molecule has 0 atom stereocenters. The van der Waals surface area contributed by atoms with Gasteiger partial charge in [-0.05, 0) is 31.0 Å². The third kappa shape index (κ3) is 5.11. The number of halogens is 1. The molecule has 0 aliphatic heterocycles. The predicted octanol–water partition coefficient (Wildman–Crippen LogP) is 4.09. The van der Waals surface area contributed by atoms with Crippen molar-refractivity contribution in [3.63, 3.8) is 0 Å². The number of hydrogen-bond acceptors (Lipinski definition) is 3. The van der Waals surface area contributed by atoms with Crippen molar-refractivity contribution >= 4 is 17.5 Å². The van der Waals surface area contributed by atoms with Crippen LogP contribution in [-0.2, 0) is 6.54 Å². The van der Waals surface area contributed by atoms with E-state index in [0.29, 0.717) is 42.5 Å². The number of ether oxygens (including phenoxy) is 1. The lowest BCUT2D eigenvalue weighted by Gasteiger charge is -2.07. The first kappa shape index (κ1) is 19.0. The largest absolute Gasteiger partial charge is 0.494 e. The van der Waals surface area contributed by atoms with Crippen molar-refractivity contribution in [2.45, 2.75) is 19.9 Å². The van der Waals surface area contributed by atoms with E-state index in [-0.39, 0.29) is 5.91 Å². The minimum atomic E-state index is -0.212. The van der Waals surface area contributed by atoms with Crippen LogP contribution in [0.15, 0.2) is 60.7 Å². The second kappa shape index (κ2) is 9.24. The Labute approximate surface area is 163 Å². The molecular weight excluding hydrogens is 362 g/mol. The van der Waals surface area contributed by atoms with E-state index < -0.39 is 0 Å². The van der Waals surface area contributed by atoms with Crippen LogP contribution in [0.1, 0.15) is 28.0 Å². The van der Waals surface area contributed by atoms with Crippen LogP contribution < -0.4 is 10.1 Å². The van der Waals surface area contributed by atoms with Gasteiger partial charge in [-0.15, -0.1) is 0 Å². The number of rotatable bonds is 8. The molecule has 0 saturated heterocycles. The van der Waals surface area contributed by atoms with Crippen molar-refractivity contribution in [2.24, 2.45) is 0 Å². The third-order valence-electron chi connectivity index (χ3n) is 4.09. The SMILES string of the molecule is Cc1nn(Cc2ccccc2)c(Cl)c1C(=O)NCCCOc1ccccc1. The summed E-state index contributed by atoms with van der Waals surface area (Å²) in [6.45, 7) is 3.36. The molecule has 0 unspecified atom stereocenters. The van der Waals surface area contributed by atoms with Gasteiger partial charge in [0, 0.05) is 6.54 Å². The molecule has 0 spiro atoms. The molecule has 3 rings (SSSR count). The molecule has 27 heavy (non-hydrogen) atoms. The first-order valence-electron chi connectivity index (χ1n) is 8.88. The maximum atomic E-state index is 12.5. The number of amides is 1. The molecule has 0 radical (unpaired) electrons. The molecule has 3 aromatic rings. The second-order valence-corrected chi connectivity index (χ2v) is 6.52. The van der Waals surface area contributed by atoms with E-state index in [1.165, 1.54) is 0 Å². The normalized spacial score (nSPS) is 10.6. The zero-order valence-corrected chi connectivity index (χ0v) is 15.9. The van der Waals surface area contributed by atoms with Gasteiger partial charge in [0.1, 0.15) is 10.9 Å². The Bertz CT molecular complexity index is 879. The summed E-state index contributed by atoms with van der Waals surface area (Å²) in [5, 5.41) is 7.65. The van der Waals surface area contributed by atoms with Gasteiger partial charge in [-0.3, -0.25) is 4.79 Å². The van der Waals surface area contributed by atoms with E-state index in [1.807, 2.05) is 60.7 Å². The molecule has 6 heteroatoms. The molecule has 1 amide bonds. The van der Waals surface area contributed by atoms with Crippen molar-refractivity contribution in [1.82, 2.24) is 15.1 Å². The Hall–Kier alpha value is -2.79. The first-order valence-corrected chi connectivity index (χ1v) is 9.26. The fourth-order valence-corrected chi connectivity index (χ4v) is 3.06. The summed E-state index contributed by atoms with van der Waals surface area (Å²) in [5.41, 5.74) is 2.12. The predicted molar refractivity (Wildman–Crippen MR) is 106 cm³/mol. The number of para-hydroxylation sites is 1. The average Bonchev–Trinajstić information content (AvgIpc) is 2.96. The van der Waals surface area contributed by atoms with Crippen LogP contribution in [-0.4, -0.2) is 28.8 Å². The zero-order valence-electron chi connectivity index (χ0n) is 15.2. The quantitative estimate of drug-likeness (QED) is 0.596. The second-order valence-electron chi connectivity index (χ2n) is 6.17.